The zero-order chi connectivity index (χ0) is 15.5. The number of sulfonamides is 1. The van der Waals surface area contributed by atoms with Crippen LogP contribution in [0, 0.1) is 3.57 Å². The fourth-order valence-corrected chi connectivity index (χ4v) is 4.12. The first-order valence-corrected chi connectivity index (χ1v) is 9.11. The van der Waals surface area contributed by atoms with Crippen LogP contribution in [0.15, 0.2) is 29.2 Å². The lowest BCUT2D eigenvalue weighted by molar-refractivity contribution is -0.138. The molecule has 116 valence electrons. The van der Waals surface area contributed by atoms with Crippen molar-refractivity contribution >= 4 is 38.6 Å². The Balaban J connectivity index is 2.10. The van der Waals surface area contributed by atoms with Gasteiger partial charge in [0.05, 0.1) is 11.4 Å². The van der Waals surface area contributed by atoms with Crippen LogP contribution in [0.1, 0.15) is 6.42 Å². The molecule has 0 atom stereocenters. The van der Waals surface area contributed by atoms with Gasteiger partial charge in [-0.1, -0.05) is 0 Å². The van der Waals surface area contributed by atoms with E-state index >= 15 is 0 Å². The van der Waals surface area contributed by atoms with Gasteiger partial charge in [0, 0.05) is 29.7 Å². The Labute approximate surface area is 137 Å². The topological polar surface area (TPSA) is 77.9 Å². The molecule has 1 heterocycles. The smallest absolute Gasteiger partial charge is 0.317 e. The highest BCUT2D eigenvalue weighted by molar-refractivity contribution is 14.1. The van der Waals surface area contributed by atoms with Crippen molar-refractivity contribution in [2.24, 2.45) is 0 Å². The van der Waals surface area contributed by atoms with Crippen molar-refractivity contribution in [3.8, 4) is 0 Å². The Morgan fingerprint density at radius 2 is 1.81 bits per heavy atom. The third kappa shape index (κ3) is 4.38. The highest BCUT2D eigenvalue weighted by Gasteiger charge is 2.27. The lowest BCUT2D eigenvalue weighted by Gasteiger charge is -2.20. The zero-order valence-corrected chi connectivity index (χ0v) is 14.4. The average Bonchev–Trinajstić information content (AvgIpc) is 2.64. The summed E-state index contributed by atoms with van der Waals surface area (Å²) >= 11 is 2.13. The number of benzene rings is 1. The molecule has 1 saturated heterocycles. The van der Waals surface area contributed by atoms with Gasteiger partial charge in [0.25, 0.3) is 0 Å². The van der Waals surface area contributed by atoms with Gasteiger partial charge < -0.3 is 5.11 Å². The molecule has 0 amide bonds. The van der Waals surface area contributed by atoms with Crippen molar-refractivity contribution in [2.45, 2.75) is 11.3 Å². The molecule has 0 radical (unpaired) electrons. The van der Waals surface area contributed by atoms with E-state index < -0.39 is 16.0 Å². The van der Waals surface area contributed by atoms with Crippen molar-refractivity contribution in [3.63, 3.8) is 0 Å². The summed E-state index contributed by atoms with van der Waals surface area (Å²) in [5.41, 5.74) is 0. The Morgan fingerprint density at radius 3 is 2.43 bits per heavy atom. The predicted octanol–water partition coefficient (Wildman–Crippen LogP) is 1.07. The number of halogens is 1. The second-order valence-corrected chi connectivity index (χ2v) is 8.07. The normalized spacial score (nSPS) is 18.3. The Morgan fingerprint density at radius 1 is 1.14 bits per heavy atom. The first-order chi connectivity index (χ1) is 9.89. The Kier molecular flexibility index (Phi) is 5.58. The SMILES string of the molecule is O=C(O)CN1CCCN(S(=O)(=O)c2ccc(I)cc2)CC1. The summed E-state index contributed by atoms with van der Waals surface area (Å²) in [6.07, 6.45) is 0.636. The van der Waals surface area contributed by atoms with Crippen molar-refractivity contribution < 1.29 is 18.3 Å². The predicted molar refractivity (Wildman–Crippen MR) is 86.6 cm³/mol. The second-order valence-electron chi connectivity index (χ2n) is 4.88. The third-order valence-electron chi connectivity index (χ3n) is 3.36. The third-order valence-corrected chi connectivity index (χ3v) is 5.99. The lowest BCUT2D eigenvalue weighted by Crippen LogP contribution is -2.36. The van der Waals surface area contributed by atoms with Crippen LogP contribution in [0.25, 0.3) is 0 Å². The second kappa shape index (κ2) is 7.03. The summed E-state index contributed by atoms with van der Waals surface area (Å²) in [6, 6.07) is 6.75. The van der Waals surface area contributed by atoms with Crippen LogP contribution in [0.4, 0.5) is 0 Å². The molecular weight excluding hydrogens is 407 g/mol. The number of carbonyl (C=O) groups is 1. The van der Waals surface area contributed by atoms with E-state index in [9.17, 15) is 13.2 Å². The molecule has 8 heteroatoms. The highest BCUT2D eigenvalue weighted by atomic mass is 127. The monoisotopic (exact) mass is 424 g/mol. The fourth-order valence-electron chi connectivity index (χ4n) is 2.29. The quantitative estimate of drug-likeness (QED) is 0.732. The van der Waals surface area contributed by atoms with Crippen molar-refractivity contribution in [1.82, 2.24) is 9.21 Å². The number of hydrogen-bond acceptors (Lipinski definition) is 4. The van der Waals surface area contributed by atoms with Crippen LogP contribution in [0.3, 0.4) is 0 Å². The molecule has 1 fully saturated rings. The van der Waals surface area contributed by atoms with Gasteiger partial charge in [-0.05, 0) is 53.3 Å². The number of rotatable bonds is 4. The largest absolute Gasteiger partial charge is 0.480 e. The average molecular weight is 424 g/mol. The van der Waals surface area contributed by atoms with E-state index in [0.717, 1.165) is 3.57 Å². The molecular formula is C13H17IN2O4S. The number of nitrogens with zero attached hydrogens (tertiary/aromatic N) is 2. The van der Waals surface area contributed by atoms with Crippen LogP contribution < -0.4 is 0 Å². The van der Waals surface area contributed by atoms with E-state index in [2.05, 4.69) is 22.6 Å². The maximum atomic E-state index is 12.6. The van der Waals surface area contributed by atoms with Gasteiger partial charge >= 0.3 is 5.97 Å². The number of aliphatic carboxylic acids is 1. The summed E-state index contributed by atoms with van der Waals surface area (Å²) in [5, 5.41) is 8.81. The van der Waals surface area contributed by atoms with E-state index in [1.165, 1.54) is 4.31 Å². The van der Waals surface area contributed by atoms with E-state index in [4.69, 9.17) is 5.11 Å². The van der Waals surface area contributed by atoms with Gasteiger partial charge in [-0.15, -0.1) is 0 Å². The minimum atomic E-state index is -3.50. The fraction of sp³-hybridized carbons (Fsp3) is 0.462. The van der Waals surface area contributed by atoms with Gasteiger partial charge in [-0.3, -0.25) is 9.69 Å². The molecule has 0 saturated carbocycles. The molecule has 6 nitrogen and oxygen atoms in total. The van der Waals surface area contributed by atoms with Crippen molar-refractivity contribution in [3.05, 3.63) is 27.8 Å². The highest BCUT2D eigenvalue weighted by Crippen LogP contribution is 2.18. The lowest BCUT2D eigenvalue weighted by atomic mass is 10.4. The van der Waals surface area contributed by atoms with Gasteiger partial charge in [-0.25, -0.2) is 8.42 Å². The summed E-state index contributed by atoms with van der Waals surface area (Å²) in [7, 11) is -3.50. The van der Waals surface area contributed by atoms with Crippen LogP contribution in [-0.4, -0.2) is 61.4 Å². The van der Waals surface area contributed by atoms with Crippen molar-refractivity contribution in [2.75, 3.05) is 32.7 Å². The minimum absolute atomic E-state index is 0.0442. The maximum Gasteiger partial charge on any atom is 0.317 e. The van der Waals surface area contributed by atoms with E-state index in [-0.39, 0.29) is 11.4 Å². The minimum Gasteiger partial charge on any atom is -0.480 e. The molecule has 1 aliphatic rings. The van der Waals surface area contributed by atoms with E-state index in [0.29, 0.717) is 32.6 Å². The Hall–Kier alpha value is -0.710. The standard InChI is InChI=1S/C13H17IN2O4S/c14-11-2-4-12(5-3-11)21(19,20)16-7-1-6-15(8-9-16)10-13(17)18/h2-5H,1,6-10H2,(H,17,18). The van der Waals surface area contributed by atoms with E-state index in [1.807, 2.05) is 0 Å². The molecule has 21 heavy (non-hydrogen) atoms. The molecule has 1 aromatic carbocycles. The summed E-state index contributed by atoms with van der Waals surface area (Å²) < 4.78 is 27.6. The number of carboxylic acids is 1. The van der Waals surface area contributed by atoms with Gasteiger partial charge in [-0.2, -0.15) is 4.31 Å². The molecule has 1 aliphatic heterocycles. The molecule has 0 bridgehead atoms. The van der Waals surface area contributed by atoms with E-state index in [1.54, 1.807) is 29.2 Å². The molecule has 0 aromatic heterocycles. The van der Waals surface area contributed by atoms with Crippen LogP contribution in [-0.2, 0) is 14.8 Å². The molecule has 0 unspecified atom stereocenters. The summed E-state index contributed by atoms with van der Waals surface area (Å²) in [6.45, 7) is 1.74. The van der Waals surface area contributed by atoms with Gasteiger partial charge in [0.2, 0.25) is 10.0 Å². The molecule has 0 aliphatic carbocycles. The molecule has 0 spiro atoms. The number of hydrogen-bond donors (Lipinski definition) is 1. The summed E-state index contributed by atoms with van der Waals surface area (Å²) in [4.78, 5) is 12.8. The molecule has 1 N–H and O–H groups in total. The first kappa shape index (κ1) is 16.7. The van der Waals surface area contributed by atoms with Crippen LogP contribution >= 0.6 is 22.6 Å². The maximum absolute atomic E-state index is 12.6. The van der Waals surface area contributed by atoms with Crippen LogP contribution in [0.2, 0.25) is 0 Å². The zero-order valence-electron chi connectivity index (χ0n) is 11.4. The summed E-state index contributed by atoms with van der Waals surface area (Å²) in [5.74, 6) is -0.885. The number of carboxylic acid groups (broad SMARTS) is 1. The molecule has 2 rings (SSSR count). The van der Waals surface area contributed by atoms with Crippen molar-refractivity contribution in [1.29, 1.82) is 0 Å². The van der Waals surface area contributed by atoms with Crippen LogP contribution in [0.5, 0.6) is 0 Å². The molecule has 1 aromatic rings. The van der Waals surface area contributed by atoms with Gasteiger partial charge in [0.1, 0.15) is 0 Å². The first-order valence-electron chi connectivity index (χ1n) is 6.59. The Bertz CT molecular complexity index is 603. The van der Waals surface area contributed by atoms with Gasteiger partial charge in [0.15, 0.2) is 0 Å².